The van der Waals surface area contributed by atoms with Gasteiger partial charge in [-0.15, -0.1) is 0 Å². The highest BCUT2D eigenvalue weighted by atomic mass is 16.5. The van der Waals surface area contributed by atoms with Crippen molar-refractivity contribution in [3.05, 3.63) is 35.5 Å². The molecule has 0 unspecified atom stereocenters. The van der Waals surface area contributed by atoms with Crippen molar-refractivity contribution in [3.63, 3.8) is 0 Å². The summed E-state index contributed by atoms with van der Waals surface area (Å²) in [6.45, 7) is 5.70. The van der Waals surface area contributed by atoms with Crippen molar-refractivity contribution in [1.82, 2.24) is 4.57 Å². The monoisotopic (exact) mass is 277 g/mol. The Morgan fingerprint density at radius 3 is 2.40 bits per heavy atom. The number of methoxy groups -OCH3 is 1. The zero-order chi connectivity index (χ0) is 15.3. The van der Waals surface area contributed by atoms with E-state index in [1.807, 2.05) is 13.8 Å². The molecule has 0 amide bonds. The van der Waals surface area contributed by atoms with Crippen molar-refractivity contribution >= 4 is 22.8 Å². The van der Waals surface area contributed by atoms with Gasteiger partial charge in [0.05, 0.1) is 12.7 Å². The number of aromatic nitrogens is 1. The maximum Gasteiger partial charge on any atom is 0.338 e. The van der Waals surface area contributed by atoms with Gasteiger partial charge in [0.2, 0.25) is 0 Å². The van der Waals surface area contributed by atoms with Gasteiger partial charge in [-0.3, -0.25) is 4.79 Å². The van der Waals surface area contributed by atoms with E-state index >= 15 is 0 Å². The lowest BCUT2D eigenvalue weighted by molar-refractivity contribution is -0.141. The van der Waals surface area contributed by atoms with E-state index in [9.17, 15) is 14.7 Å². The van der Waals surface area contributed by atoms with E-state index in [1.165, 1.54) is 7.11 Å². The Labute approximate surface area is 117 Å². The first-order valence-corrected chi connectivity index (χ1v) is 6.44. The average molecular weight is 277 g/mol. The van der Waals surface area contributed by atoms with Gasteiger partial charge >= 0.3 is 11.9 Å². The fraction of sp³-hybridized carbons (Fsp3) is 0.333. The molecule has 0 aliphatic rings. The average Bonchev–Trinajstić information content (AvgIpc) is 2.74. The fourth-order valence-corrected chi connectivity index (χ4v) is 2.10. The van der Waals surface area contributed by atoms with E-state index in [1.54, 1.807) is 35.8 Å². The van der Waals surface area contributed by atoms with Gasteiger partial charge in [0.25, 0.3) is 0 Å². The number of esters is 1. The molecule has 20 heavy (non-hydrogen) atoms. The Morgan fingerprint density at radius 1 is 1.25 bits per heavy atom. The van der Waals surface area contributed by atoms with Gasteiger partial charge in [0, 0.05) is 16.6 Å². The smallest absolute Gasteiger partial charge is 0.338 e. The summed E-state index contributed by atoms with van der Waals surface area (Å²) in [5, 5.41) is 9.87. The van der Waals surface area contributed by atoms with Gasteiger partial charge in [0.15, 0.2) is 0 Å². The molecule has 0 fully saturated rings. The minimum absolute atomic E-state index is 0.0100. The van der Waals surface area contributed by atoms with Crippen LogP contribution in [-0.2, 0) is 16.1 Å². The highest BCUT2D eigenvalue weighted by molar-refractivity contribution is 6.05. The van der Waals surface area contributed by atoms with Crippen molar-refractivity contribution in [1.29, 1.82) is 0 Å². The van der Waals surface area contributed by atoms with E-state index in [-0.39, 0.29) is 12.1 Å². The Morgan fingerprint density at radius 2 is 1.85 bits per heavy atom. The van der Waals surface area contributed by atoms with Crippen LogP contribution in [0.5, 0.6) is 0 Å². The van der Waals surface area contributed by atoms with Gasteiger partial charge in [0.1, 0.15) is 6.54 Å². The van der Waals surface area contributed by atoms with Crippen LogP contribution in [0.3, 0.4) is 0 Å². The minimum Gasteiger partial charge on any atom is -0.478 e. The molecule has 2 rings (SSSR count). The molecular weight excluding hydrogens is 258 g/mol. The Bertz CT molecular complexity index is 628. The summed E-state index contributed by atoms with van der Waals surface area (Å²) >= 11 is 0. The molecule has 1 heterocycles. The maximum absolute atomic E-state index is 11.4. The second kappa shape index (κ2) is 6.75. The van der Waals surface area contributed by atoms with Crippen LogP contribution >= 0.6 is 0 Å². The fourth-order valence-electron chi connectivity index (χ4n) is 2.10. The number of rotatable bonds is 3. The quantitative estimate of drug-likeness (QED) is 0.876. The summed E-state index contributed by atoms with van der Waals surface area (Å²) in [6.07, 6.45) is 0. The molecule has 5 nitrogen and oxygen atoms in total. The SMILES string of the molecule is CC.COC(=O)Cn1c(C)c(C(=O)O)c2ccccc21. The summed E-state index contributed by atoms with van der Waals surface area (Å²) in [5.74, 6) is -1.40. The lowest BCUT2D eigenvalue weighted by atomic mass is 10.1. The lowest BCUT2D eigenvalue weighted by Crippen LogP contribution is -2.13. The topological polar surface area (TPSA) is 68.5 Å². The van der Waals surface area contributed by atoms with E-state index in [2.05, 4.69) is 4.74 Å². The third-order valence-corrected chi connectivity index (χ3v) is 2.96. The normalized spacial score (nSPS) is 9.80. The molecule has 1 N–H and O–H groups in total. The number of fused-ring (bicyclic) bond motifs is 1. The number of carboxylic acids is 1. The number of ether oxygens (including phenoxy) is 1. The van der Waals surface area contributed by atoms with Crippen LogP contribution in [0.1, 0.15) is 29.9 Å². The minimum atomic E-state index is -0.993. The molecular formula is C15H19NO4. The molecule has 0 radical (unpaired) electrons. The number of hydrogen-bond acceptors (Lipinski definition) is 3. The second-order valence-corrected chi connectivity index (χ2v) is 3.94. The van der Waals surface area contributed by atoms with E-state index in [0.717, 1.165) is 5.52 Å². The zero-order valence-electron chi connectivity index (χ0n) is 12.1. The zero-order valence-corrected chi connectivity index (χ0v) is 12.1. The Hall–Kier alpha value is -2.30. The number of para-hydroxylation sites is 1. The molecule has 1 aromatic carbocycles. The molecule has 0 atom stereocenters. The van der Waals surface area contributed by atoms with Crippen LogP contribution in [0.15, 0.2) is 24.3 Å². The van der Waals surface area contributed by atoms with Crippen molar-refractivity contribution in [3.8, 4) is 0 Å². The third-order valence-electron chi connectivity index (χ3n) is 2.96. The Balaban J connectivity index is 0.000000956. The highest BCUT2D eigenvalue weighted by Crippen LogP contribution is 2.25. The van der Waals surface area contributed by atoms with Crippen LogP contribution < -0.4 is 0 Å². The van der Waals surface area contributed by atoms with Crippen LogP contribution in [0.4, 0.5) is 0 Å². The Kier molecular flexibility index (Phi) is 5.32. The molecule has 0 aliphatic heterocycles. The summed E-state index contributed by atoms with van der Waals surface area (Å²) in [6, 6.07) is 7.11. The largest absolute Gasteiger partial charge is 0.478 e. The van der Waals surface area contributed by atoms with Crippen LogP contribution in [0.25, 0.3) is 10.9 Å². The van der Waals surface area contributed by atoms with Crippen LogP contribution in [0, 0.1) is 6.92 Å². The second-order valence-electron chi connectivity index (χ2n) is 3.94. The number of benzene rings is 1. The van der Waals surface area contributed by atoms with Crippen LogP contribution in [-0.4, -0.2) is 28.7 Å². The van der Waals surface area contributed by atoms with Crippen molar-refractivity contribution in [2.45, 2.75) is 27.3 Å². The first kappa shape index (κ1) is 15.8. The standard InChI is InChI=1S/C13H13NO4.C2H6/c1-8-12(13(16)17)9-5-3-4-6-10(9)14(8)7-11(15)18-2;1-2/h3-6H,7H2,1-2H3,(H,16,17);1-2H3. The first-order valence-electron chi connectivity index (χ1n) is 6.44. The number of carboxylic acid groups (broad SMARTS) is 1. The number of hydrogen-bond donors (Lipinski definition) is 1. The van der Waals surface area contributed by atoms with Gasteiger partial charge in [-0.2, -0.15) is 0 Å². The maximum atomic E-state index is 11.4. The van der Waals surface area contributed by atoms with Gasteiger partial charge in [-0.25, -0.2) is 4.79 Å². The number of carbonyl (C=O) groups is 2. The third kappa shape index (κ3) is 2.82. The molecule has 0 aliphatic carbocycles. The number of nitrogens with zero attached hydrogens (tertiary/aromatic N) is 1. The number of carbonyl (C=O) groups excluding carboxylic acids is 1. The molecule has 0 bridgehead atoms. The van der Waals surface area contributed by atoms with E-state index in [0.29, 0.717) is 11.1 Å². The number of aromatic carboxylic acids is 1. The molecule has 0 saturated carbocycles. The van der Waals surface area contributed by atoms with Crippen molar-refractivity contribution < 1.29 is 19.4 Å². The molecule has 0 saturated heterocycles. The highest BCUT2D eigenvalue weighted by Gasteiger charge is 2.20. The van der Waals surface area contributed by atoms with Crippen molar-refractivity contribution in [2.75, 3.05) is 7.11 Å². The molecule has 2 aromatic rings. The summed E-state index contributed by atoms with van der Waals surface area (Å²) in [4.78, 5) is 22.6. The van der Waals surface area contributed by atoms with Gasteiger partial charge in [-0.1, -0.05) is 32.0 Å². The van der Waals surface area contributed by atoms with Crippen molar-refractivity contribution in [2.24, 2.45) is 0 Å². The van der Waals surface area contributed by atoms with Gasteiger partial charge in [-0.05, 0) is 13.0 Å². The summed E-state index contributed by atoms with van der Waals surface area (Å²) in [7, 11) is 1.31. The van der Waals surface area contributed by atoms with Gasteiger partial charge < -0.3 is 14.4 Å². The van der Waals surface area contributed by atoms with E-state index < -0.39 is 11.9 Å². The molecule has 1 aromatic heterocycles. The predicted octanol–water partition coefficient (Wildman–Crippen LogP) is 2.85. The molecule has 108 valence electrons. The summed E-state index contributed by atoms with van der Waals surface area (Å²) < 4.78 is 6.28. The molecule has 5 heteroatoms. The first-order chi connectivity index (χ1) is 9.56. The van der Waals surface area contributed by atoms with E-state index in [4.69, 9.17) is 0 Å². The lowest BCUT2D eigenvalue weighted by Gasteiger charge is -2.06. The molecule has 0 spiro atoms. The summed E-state index contributed by atoms with van der Waals surface area (Å²) in [5.41, 5.74) is 1.50. The van der Waals surface area contributed by atoms with Crippen LogP contribution in [0.2, 0.25) is 0 Å². The predicted molar refractivity (Wildman–Crippen MR) is 77.0 cm³/mol.